The zero-order valence-corrected chi connectivity index (χ0v) is 20.0. The Bertz CT molecular complexity index is 809. The smallest absolute Gasteiger partial charge is 0.107 e. The van der Waals surface area contributed by atoms with E-state index in [1.807, 2.05) is 0 Å². The van der Waals surface area contributed by atoms with Gasteiger partial charge in [-0.05, 0) is 47.6 Å². The van der Waals surface area contributed by atoms with E-state index in [0.29, 0.717) is 12.5 Å². The average Bonchev–Trinajstić information content (AvgIpc) is 3.12. The second-order valence-corrected chi connectivity index (χ2v) is 9.87. The quantitative estimate of drug-likeness (QED) is 0.397. The van der Waals surface area contributed by atoms with E-state index in [9.17, 15) is 5.11 Å². The van der Waals surface area contributed by atoms with Crippen LogP contribution in [0.4, 0.5) is 0 Å². The predicted molar refractivity (Wildman–Crippen MR) is 129 cm³/mol. The van der Waals surface area contributed by atoms with E-state index < -0.39 is 6.10 Å². The summed E-state index contributed by atoms with van der Waals surface area (Å²) in [6.45, 7) is 14.8. The van der Waals surface area contributed by atoms with Gasteiger partial charge in [0.15, 0.2) is 0 Å². The van der Waals surface area contributed by atoms with E-state index in [1.54, 1.807) is 0 Å². The zero-order chi connectivity index (χ0) is 22.9. The van der Waals surface area contributed by atoms with Gasteiger partial charge in [0.1, 0.15) is 6.61 Å². The Morgan fingerprint density at radius 1 is 1.16 bits per heavy atom. The highest BCUT2D eigenvalue weighted by atomic mass is 16.5. The Morgan fingerprint density at radius 3 is 2.48 bits per heavy atom. The van der Waals surface area contributed by atoms with Crippen molar-refractivity contribution >= 4 is 0 Å². The lowest BCUT2D eigenvalue weighted by Gasteiger charge is -2.26. The van der Waals surface area contributed by atoms with Crippen LogP contribution in [0, 0.1) is 18.3 Å². The number of hydrogen-bond donors (Lipinski definition) is 1. The normalized spacial score (nSPS) is 13.0. The third kappa shape index (κ3) is 8.91. The molecule has 4 heteroatoms. The summed E-state index contributed by atoms with van der Waals surface area (Å²) in [5, 5.41) is 10.4. The molecule has 0 unspecified atom stereocenters. The molecule has 31 heavy (non-hydrogen) atoms. The number of rotatable bonds is 12. The van der Waals surface area contributed by atoms with Gasteiger partial charge in [0, 0.05) is 31.5 Å². The molecule has 0 saturated carbocycles. The van der Waals surface area contributed by atoms with Crippen molar-refractivity contribution in [3.63, 3.8) is 0 Å². The summed E-state index contributed by atoms with van der Waals surface area (Å²) >= 11 is 0. The highest BCUT2D eigenvalue weighted by Crippen LogP contribution is 2.22. The van der Waals surface area contributed by atoms with Crippen LogP contribution in [0.5, 0.6) is 0 Å². The van der Waals surface area contributed by atoms with Crippen molar-refractivity contribution in [3.8, 4) is 12.3 Å². The Hall–Kier alpha value is -2.06. The molecular weight excluding hydrogens is 384 g/mol. The first-order valence-electron chi connectivity index (χ1n) is 11.3. The standard InChI is InChI=1S/C27H40N2O2/c1-7-17-31-21-26(30)20-28(16-14-22(2)3)19-25-9-8-15-29(25)18-23-10-12-24(13-11-23)27(4,5)6/h1,8-13,15,22,26,30H,14,16-21H2,2-6H3/t26-/m0/s1. The number of aromatic nitrogens is 1. The topological polar surface area (TPSA) is 37.6 Å². The van der Waals surface area contributed by atoms with Crippen LogP contribution < -0.4 is 0 Å². The van der Waals surface area contributed by atoms with Gasteiger partial charge in [-0.25, -0.2) is 0 Å². The van der Waals surface area contributed by atoms with Gasteiger partial charge in [0.2, 0.25) is 0 Å². The maximum atomic E-state index is 10.4. The maximum absolute atomic E-state index is 10.4. The molecule has 2 aromatic rings. The lowest BCUT2D eigenvalue weighted by molar-refractivity contribution is 0.0248. The Labute approximate surface area is 189 Å². The van der Waals surface area contributed by atoms with Gasteiger partial charge in [-0.3, -0.25) is 4.90 Å². The molecule has 1 heterocycles. The third-order valence-corrected chi connectivity index (χ3v) is 5.47. The molecule has 0 spiro atoms. The van der Waals surface area contributed by atoms with Crippen molar-refractivity contribution in [2.45, 2.75) is 65.6 Å². The Morgan fingerprint density at radius 2 is 1.87 bits per heavy atom. The van der Waals surface area contributed by atoms with Crippen LogP contribution in [0.15, 0.2) is 42.6 Å². The minimum absolute atomic E-state index is 0.165. The van der Waals surface area contributed by atoms with E-state index in [0.717, 1.165) is 26.1 Å². The van der Waals surface area contributed by atoms with Gasteiger partial charge in [-0.15, -0.1) is 6.42 Å². The molecule has 0 radical (unpaired) electrons. The summed E-state index contributed by atoms with van der Waals surface area (Å²) < 4.78 is 7.63. The number of aliphatic hydroxyl groups excluding tert-OH is 1. The predicted octanol–water partition coefficient (Wildman–Crippen LogP) is 4.69. The molecule has 2 rings (SSSR count). The summed E-state index contributed by atoms with van der Waals surface area (Å²) in [5.41, 5.74) is 4.06. The fourth-order valence-corrected chi connectivity index (χ4v) is 3.56. The highest BCUT2D eigenvalue weighted by molar-refractivity contribution is 5.28. The monoisotopic (exact) mass is 424 g/mol. The Balaban J connectivity index is 2.04. The molecule has 4 nitrogen and oxygen atoms in total. The minimum atomic E-state index is -0.547. The molecule has 1 aromatic carbocycles. The number of hydrogen-bond acceptors (Lipinski definition) is 3. The fraction of sp³-hybridized carbons (Fsp3) is 0.556. The van der Waals surface area contributed by atoms with E-state index in [1.165, 1.54) is 16.8 Å². The highest BCUT2D eigenvalue weighted by Gasteiger charge is 2.16. The fourth-order valence-electron chi connectivity index (χ4n) is 3.56. The first-order chi connectivity index (χ1) is 14.7. The lowest BCUT2D eigenvalue weighted by atomic mass is 9.87. The molecule has 0 fully saturated rings. The maximum Gasteiger partial charge on any atom is 0.107 e. The van der Waals surface area contributed by atoms with Crippen LogP contribution in [-0.2, 0) is 23.2 Å². The van der Waals surface area contributed by atoms with Crippen molar-refractivity contribution in [3.05, 3.63) is 59.4 Å². The van der Waals surface area contributed by atoms with E-state index >= 15 is 0 Å². The molecule has 1 aromatic heterocycles. The summed E-state index contributed by atoms with van der Waals surface area (Å²) in [6.07, 6.45) is 7.91. The molecule has 0 aliphatic heterocycles. The summed E-state index contributed by atoms with van der Waals surface area (Å²) in [5.74, 6) is 3.06. The van der Waals surface area contributed by atoms with Gasteiger partial charge < -0.3 is 14.4 Å². The number of benzene rings is 1. The Kier molecular flexibility index (Phi) is 9.84. The second kappa shape index (κ2) is 12.1. The number of ether oxygens (including phenoxy) is 1. The molecule has 0 saturated heterocycles. The first-order valence-corrected chi connectivity index (χ1v) is 11.3. The van der Waals surface area contributed by atoms with Crippen LogP contribution in [-0.4, -0.2) is 47.0 Å². The van der Waals surface area contributed by atoms with Crippen LogP contribution in [0.1, 0.15) is 57.9 Å². The summed E-state index contributed by atoms with van der Waals surface area (Å²) in [6, 6.07) is 13.2. The summed E-state index contributed by atoms with van der Waals surface area (Å²) in [7, 11) is 0. The molecule has 1 atom stereocenters. The minimum Gasteiger partial charge on any atom is -0.389 e. The third-order valence-electron chi connectivity index (χ3n) is 5.47. The SMILES string of the molecule is C#CCOC[C@@H](O)CN(CCC(C)C)Cc1cccn1Cc1ccc(C(C)(C)C)cc1. The molecule has 0 aliphatic carbocycles. The van der Waals surface area contributed by atoms with Gasteiger partial charge in [0.05, 0.1) is 12.7 Å². The van der Waals surface area contributed by atoms with Crippen LogP contribution in [0.2, 0.25) is 0 Å². The van der Waals surface area contributed by atoms with Crippen molar-refractivity contribution in [1.29, 1.82) is 0 Å². The van der Waals surface area contributed by atoms with Crippen LogP contribution >= 0.6 is 0 Å². The van der Waals surface area contributed by atoms with Crippen molar-refractivity contribution < 1.29 is 9.84 Å². The van der Waals surface area contributed by atoms with Crippen molar-refractivity contribution in [1.82, 2.24) is 9.47 Å². The summed E-state index contributed by atoms with van der Waals surface area (Å²) in [4.78, 5) is 2.32. The first kappa shape index (κ1) is 25.2. The molecule has 0 aliphatic rings. The number of aliphatic hydroxyl groups is 1. The van der Waals surface area contributed by atoms with Crippen molar-refractivity contribution in [2.24, 2.45) is 5.92 Å². The number of terminal acetylenes is 1. The van der Waals surface area contributed by atoms with Crippen LogP contribution in [0.25, 0.3) is 0 Å². The van der Waals surface area contributed by atoms with Crippen molar-refractivity contribution in [2.75, 3.05) is 26.3 Å². The molecular formula is C27H40N2O2. The van der Waals surface area contributed by atoms with Crippen LogP contribution in [0.3, 0.4) is 0 Å². The number of nitrogens with zero attached hydrogens (tertiary/aromatic N) is 2. The second-order valence-electron chi connectivity index (χ2n) is 9.87. The molecule has 170 valence electrons. The zero-order valence-electron chi connectivity index (χ0n) is 20.0. The molecule has 0 amide bonds. The van der Waals surface area contributed by atoms with E-state index in [4.69, 9.17) is 11.2 Å². The molecule has 0 bridgehead atoms. The van der Waals surface area contributed by atoms with E-state index in [2.05, 4.69) is 92.6 Å². The average molecular weight is 425 g/mol. The van der Waals surface area contributed by atoms with Gasteiger partial charge in [-0.1, -0.05) is 64.8 Å². The largest absolute Gasteiger partial charge is 0.389 e. The van der Waals surface area contributed by atoms with Gasteiger partial charge in [0.25, 0.3) is 0 Å². The van der Waals surface area contributed by atoms with E-state index in [-0.39, 0.29) is 18.6 Å². The molecule has 1 N–H and O–H groups in total. The van der Waals surface area contributed by atoms with Gasteiger partial charge in [-0.2, -0.15) is 0 Å². The van der Waals surface area contributed by atoms with Gasteiger partial charge >= 0.3 is 0 Å². The lowest BCUT2D eigenvalue weighted by Crippen LogP contribution is -2.36.